The summed E-state index contributed by atoms with van der Waals surface area (Å²) in [5.74, 6) is 0.750. The highest BCUT2D eigenvalue weighted by Crippen LogP contribution is 2.38. The van der Waals surface area contributed by atoms with Gasteiger partial charge in [-0.3, -0.25) is 19.5 Å². The van der Waals surface area contributed by atoms with Crippen LogP contribution >= 0.6 is 42.5 Å². The first-order valence-corrected chi connectivity index (χ1v) is 13.9. The number of rotatable bonds is 11. The number of aliphatic hydroxyl groups excluding tert-OH is 1. The smallest absolute Gasteiger partial charge is 0.394 e. The molecule has 15 heteroatoms. The molecular weight excluding hydrogens is 523 g/mol. The molecule has 2 unspecified atom stereocenters. The second-order valence-electron chi connectivity index (χ2n) is 7.91. The van der Waals surface area contributed by atoms with Gasteiger partial charge in [0.05, 0.1) is 28.6 Å². The standard InChI is InChI=1S/C19H26ClN6O5PS2/c1-10(2)6-13(8-27)23-16-15-17(26(18(21)34-15)9-31-32(28,29)30)25-19(24-16)33-11(3)14-5-4-12(20)7-22-14/h4-5,7,10-11,13,21,27H,6,8-9H2,1-3H3,(H,23,24,25)(H2,28,29,30). The van der Waals surface area contributed by atoms with Crippen LogP contribution < -0.4 is 10.1 Å². The molecule has 3 aromatic rings. The minimum absolute atomic E-state index is 0.0141. The Morgan fingerprint density at radius 3 is 2.65 bits per heavy atom. The van der Waals surface area contributed by atoms with Gasteiger partial charge in [0.15, 0.2) is 21.4 Å². The highest BCUT2D eigenvalue weighted by atomic mass is 35.5. The minimum Gasteiger partial charge on any atom is -0.394 e. The number of thiazole rings is 1. The largest absolute Gasteiger partial charge is 0.471 e. The molecule has 0 aliphatic carbocycles. The predicted octanol–water partition coefficient (Wildman–Crippen LogP) is 3.76. The first kappa shape index (κ1) is 27.0. The maximum Gasteiger partial charge on any atom is 0.471 e. The number of nitrogens with one attached hydrogen (secondary N) is 2. The molecule has 0 aliphatic rings. The van der Waals surface area contributed by atoms with Crippen LogP contribution in [0.25, 0.3) is 10.3 Å². The predicted molar refractivity (Wildman–Crippen MR) is 132 cm³/mol. The Morgan fingerprint density at radius 2 is 2.06 bits per heavy atom. The number of pyridine rings is 1. The van der Waals surface area contributed by atoms with Crippen LogP contribution in [0, 0.1) is 11.3 Å². The first-order valence-electron chi connectivity index (χ1n) is 10.3. The first-order chi connectivity index (χ1) is 16.0. The van der Waals surface area contributed by atoms with Crippen LogP contribution in [0.5, 0.6) is 0 Å². The number of phosphoric ester groups is 1. The monoisotopic (exact) mass is 548 g/mol. The molecule has 0 bridgehead atoms. The lowest BCUT2D eigenvalue weighted by Crippen LogP contribution is -2.26. The molecule has 3 rings (SSSR count). The second-order valence-corrected chi connectivity index (χ2v) is 11.9. The van der Waals surface area contributed by atoms with Gasteiger partial charge in [-0.15, -0.1) is 0 Å². The number of hydrogen-bond donors (Lipinski definition) is 5. The Labute approximate surface area is 209 Å². The molecule has 186 valence electrons. The van der Waals surface area contributed by atoms with E-state index >= 15 is 0 Å². The highest BCUT2D eigenvalue weighted by molar-refractivity contribution is 7.99. The Bertz CT molecular complexity index is 1230. The van der Waals surface area contributed by atoms with Gasteiger partial charge in [-0.05, 0) is 31.4 Å². The van der Waals surface area contributed by atoms with Crippen molar-refractivity contribution in [3.8, 4) is 0 Å². The molecular formula is C19H26ClN6O5PS2. The van der Waals surface area contributed by atoms with E-state index in [1.807, 2.05) is 26.8 Å². The van der Waals surface area contributed by atoms with E-state index in [4.69, 9.17) is 26.8 Å². The summed E-state index contributed by atoms with van der Waals surface area (Å²) in [6.07, 6.45) is 2.25. The molecule has 0 fully saturated rings. The van der Waals surface area contributed by atoms with Crippen molar-refractivity contribution in [1.82, 2.24) is 19.5 Å². The van der Waals surface area contributed by atoms with E-state index in [0.717, 1.165) is 17.0 Å². The van der Waals surface area contributed by atoms with Gasteiger partial charge >= 0.3 is 7.82 Å². The van der Waals surface area contributed by atoms with Crippen LogP contribution in [0.3, 0.4) is 0 Å². The van der Waals surface area contributed by atoms with Crippen LogP contribution in [0.15, 0.2) is 23.5 Å². The molecule has 5 N–H and O–H groups in total. The molecule has 0 aromatic carbocycles. The molecule has 11 nitrogen and oxygen atoms in total. The lowest BCUT2D eigenvalue weighted by atomic mass is 10.0. The Kier molecular flexibility index (Phi) is 9.10. The highest BCUT2D eigenvalue weighted by Gasteiger charge is 2.22. The third-order valence-electron chi connectivity index (χ3n) is 4.65. The summed E-state index contributed by atoms with van der Waals surface area (Å²) in [4.78, 5) is 31.7. The van der Waals surface area contributed by atoms with Gasteiger partial charge in [0.25, 0.3) is 0 Å². The van der Waals surface area contributed by atoms with E-state index in [1.165, 1.54) is 16.3 Å². The van der Waals surface area contributed by atoms with Crippen molar-refractivity contribution >= 4 is 58.7 Å². The van der Waals surface area contributed by atoms with Crippen LogP contribution in [-0.2, 0) is 15.8 Å². The molecule has 0 amide bonds. The zero-order valence-corrected chi connectivity index (χ0v) is 22.0. The number of aliphatic hydroxyl groups is 1. The van der Waals surface area contributed by atoms with Crippen molar-refractivity contribution < 1.29 is 24.0 Å². The fraction of sp³-hybridized carbons (Fsp3) is 0.474. The van der Waals surface area contributed by atoms with E-state index in [1.54, 1.807) is 12.3 Å². The van der Waals surface area contributed by atoms with E-state index in [2.05, 4.69) is 24.8 Å². The van der Waals surface area contributed by atoms with Crippen molar-refractivity contribution in [2.45, 2.75) is 50.4 Å². The third-order valence-corrected chi connectivity index (χ3v) is 7.31. The van der Waals surface area contributed by atoms with Crippen LogP contribution in [0.4, 0.5) is 5.82 Å². The summed E-state index contributed by atoms with van der Waals surface area (Å²) in [6, 6.07) is 3.28. The maximum absolute atomic E-state index is 11.2. The average molecular weight is 549 g/mol. The molecule has 0 saturated heterocycles. The average Bonchev–Trinajstić information content (AvgIpc) is 3.06. The number of halogens is 1. The van der Waals surface area contributed by atoms with Crippen LogP contribution in [0.2, 0.25) is 5.02 Å². The van der Waals surface area contributed by atoms with Crippen molar-refractivity contribution in [2.75, 3.05) is 11.9 Å². The van der Waals surface area contributed by atoms with Gasteiger partial charge in [0, 0.05) is 6.20 Å². The summed E-state index contributed by atoms with van der Waals surface area (Å²) < 4.78 is 17.6. The SMILES string of the molecule is CC(C)CC(CO)Nc1nc(SC(C)c2ccc(Cl)cn2)nc2c1sc(=N)n2COP(=O)(O)O. The van der Waals surface area contributed by atoms with Crippen molar-refractivity contribution in [3.05, 3.63) is 33.8 Å². The molecule has 3 heterocycles. The maximum atomic E-state index is 11.2. The fourth-order valence-electron chi connectivity index (χ4n) is 3.13. The lowest BCUT2D eigenvalue weighted by Gasteiger charge is -2.20. The number of hydrogen-bond acceptors (Lipinski definition) is 10. The van der Waals surface area contributed by atoms with E-state index in [0.29, 0.717) is 38.7 Å². The Morgan fingerprint density at radius 1 is 1.32 bits per heavy atom. The van der Waals surface area contributed by atoms with Gasteiger partial charge in [-0.1, -0.05) is 48.5 Å². The molecule has 0 spiro atoms. The second kappa shape index (κ2) is 11.4. The van der Waals surface area contributed by atoms with Crippen LogP contribution in [0.1, 0.15) is 38.1 Å². The van der Waals surface area contributed by atoms with Gasteiger partial charge in [0.1, 0.15) is 11.4 Å². The summed E-state index contributed by atoms with van der Waals surface area (Å²) in [7, 11) is -4.75. The van der Waals surface area contributed by atoms with Gasteiger partial charge < -0.3 is 20.2 Å². The normalized spacial score (nSPS) is 14.0. The molecule has 0 saturated carbocycles. The van der Waals surface area contributed by atoms with E-state index < -0.39 is 14.6 Å². The zero-order chi connectivity index (χ0) is 25.0. The molecule has 3 aromatic heterocycles. The summed E-state index contributed by atoms with van der Waals surface area (Å²) in [6.45, 7) is 5.36. The van der Waals surface area contributed by atoms with Crippen LogP contribution in [-0.4, -0.2) is 47.1 Å². The summed E-state index contributed by atoms with van der Waals surface area (Å²) >= 11 is 8.30. The zero-order valence-electron chi connectivity index (χ0n) is 18.7. The molecule has 0 aliphatic heterocycles. The number of phosphoric acid groups is 1. The quantitative estimate of drug-likeness (QED) is 0.135. The number of fused-ring (bicyclic) bond motifs is 1. The van der Waals surface area contributed by atoms with Crippen molar-refractivity contribution in [3.63, 3.8) is 0 Å². The molecule has 2 atom stereocenters. The fourth-order valence-corrected chi connectivity index (χ4v) is 5.26. The Balaban J connectivity index is 2.03. The molecule has 0 radical (unpaired) electrons. The van der Waals surface area contributed by atoms with Gasteiger partial charge in [-0.25, -0.2) is 14.5 Å². The topological polar surface area (TPSA) is 166 Å². The molecule has 34 heavy (non-hydrogen) atoms. The van der Waals surface area contributed by atoms with Crippen molar-refractivity contribution in [1.29, 1.82) is 5.41 Å². The van der Waals surface area contributed by atoms with E-state index in [-0.39, 0.29) is 22.7 Å². The minimum atomic E-state index is -4.75. The Hall–Kier alpha value is -1.57. The van der Waals surface area contributed by atoms with Gasteiger partial charge in [0.2, 0.25) is 0 Å². The summed E-state index contributed by atoms with van der Waals surface area (Å²) in [5, 5.41) is 22.1. The van der Waals surface area contributed by atoms with E-state index in [9.17, 15) is 9.67 Å². The number of thioether (sulfide) groups is 1. The third kappa shape index (κ3) is 7.22. The summed E-state index contributed by atoms with van der Waals surface area (Å²) in [5.41, 5.74) is 1.06. The van der Waals surface area contributed by atoms with Gasteiger partial charge in [-0.2, -0.15) is 0 Å². The number of nitrogens with zero attached hydrogens (tertiary/aromatic N) is 4. The lowest BCUT2D eigenvalue weighted by molar-refractivity contribution is 0.154. The number of anilines is 1. The van der Waals surface area contributed by atoms with Crippen molar-refractivity contribution in [2.24, 2.45) is 5.92 Å². The number of aromatic nitrogens is 4.